The molecule has 0 atom stereocenters. The lowest BCUT2D eigenvalue weighted by atomic mass is 10.1. The van der Waals surface area contributed by atoms with Crippen LogP contribution in [0.25, 0.3) is 6.08 Å². The Hall–Kier alpha value is -2.38. The van der Waals surface area contributed by atoms with Crippen molar-refractivity contribution in [1.82, 2.24) is 0 Å². The number of esters is 1. The van der Waals surface area contributed by atoms with Crippen LogP contribution in [0, 0.1) is 11.3 Å². The number of nitriles is 1. The minimum absolute atomic E-state index is 0.240. The van der Waals surface area contributed by atoms with E-state index in [9.17, 15) is 4.79 Å². The zero-order valence-electron chi connectivity index (χ0n) is 11.1. The minimum atomic E-state index is -0.401. The number of hydrogen-bond donors (Lipinski definition) is 0. The van der Waals surface area contributed by atoms with Gasteiger partial charge in [0.15, 0.2) is 0 Å². The van der Waals surface area contributed by atoms with E-state index in [1.165, 1.54) is 6.08 Å². The molecule has 104 valence electrons. The summed E-state index contributed by atoms with van der Waals surface area (Å²) in [6.07, 6.45) is 3.03. The predicted octanol–water partition coefficient (Wildman–Crippen LogP) is 4.08. The lowest BCUT2D eigenvalue weighted by molar-refractivity contribution is -0.138. The number of nitrogens with zero attached hydrogens (tertiary/aromatic N) is 1. The van der Waals surface area contributed by atoms with Crippen LogP contribution in [0.3, 0.4) is 0 Å². The van der Waals surface area contributed by atoms with Crippen LogP contribution in [0.15, 0.2) is 59.1 Å². The highest BCUT2D eigenvalue weighted by Crippen LogP contribution is 2.11. The number of carbonyl (C=O) groups excluding carboxylic acids is 1. The molecular formula is C17H12BrNO2. The molecule has 0 bridgehead atoms. The summed E-state index contributed by atoms with van der Waals surface area (Å²) in [6, 6.07) is 16.6. The van der Waals surface area contributed by atoms with Crippen LogP contribution < -0.4 is 0 Å². The van der Waals surface area contributed by atoms with Crippen LogP contribution in [0.1, 0.15) is 16.7 Å². The molecule has 0 saturated carbocycles. The zero-order valence-corrected chi connectivity index (χ0v) is 12.7. The molecule has 0 heterocycles. The first-order valence-corrected chi connectivity index (χ1v) is 7.06. The van der Waals surface area contributed by atoms with Gasteiger partial charge in [-0.15, -0.1) is 0 Å². The summed E-state index contributed by atoms with van der Waals surface area (Å²) in [5.74, 6) is -0.401. The highest BCUT2D eigenvalue weighted by atomic mass is 79.9. The Kier molecular flexibility index (Phi) is 5.30. The Labute approximate surface area is 131 Å². The molecule has 21 heavy (non-hydrogen) atoms. The van der Waals surface area contributed by atoms with Gasteiger partial charge < -0.3 is 4.74 Å². The fourth-order valence-corrected chi connectivity index (χ4v) is 1.88. The van der Waals surface area contributed by atoms with E-state index < -0.39 is 5.97 Å². The van der Waals surface area contributed by atoms with Gasteiger partial charge in [-0.25, -0.2) is 4.79 Å². The standard InChI is InChI=1S/C17H12BrNO2/c18-16-8-5-15(6-9-16)12-21-17(20)10-7-13-1-3-14(11-19)4-2-13/h1-10H,12H2/b10-7+. The van der Waals surface area contributed by atoms with Crippen molar-refractivity contribution < 1.29 is 9.53 Å². The smallest absolute Gasteiger partial charge is 0.331 e. The molecule has 0 saturated heterocycles. The normalized spacial score (nSPS) is 10.3. The van der Waals surface area contributed by atoms with E-state index in [1.54, 1.807) is 30.3 Å². The summed E-state index contributed by atoms with van der Waals surface area (Å²) in [4.78, 5) is 11.6. The third-order valence-corrected chi connectivity index (χ3v) is 3.27. The summed E-state index contributed by atoms with van der Waals surface area (Å²) in [5.41, 5.74) is 2.36. The Morgan fingerprint density at radius 1 is 1.14 bits per heavy atom. The molecule has 0 aliphatic heterocycles. The van der Waals surface area contributed by atoms with E-state index in [2.05, 4.69) is 15.9 Å². The largest absolute Gasteiger partial charge is 0.458 e. The second-order valence-electron chi connectivity index (χ2n) is 4.30. The topological polar surface area (TPSA) is 50.1 Å². The van der Waals surface area contributed by atoms with E-state index in [1.807, 2.05) is 30.3 Å². The number of hydrogen-bond acceptors (Lipinski definition) is 3. The highest BCUT2D eigenvalue weighted by molar-refractivity contribution is 9.10. The van der Waals surface area contributed by atoms with E-state index in [-0.39, 0.29) is 6.61 Å². The van der Waals surface area contributed by atoms with Crippen LogP contribution in [-0.4, -0.2) is 5.97 Å². The van der Waals surface area contributed by atoms with Gasteiger partial charge in [0, 0.05) is 10.5 Å². The van der Waals surface area contributed by atoms with Crippen molar-refractivity contribution in [2.24, 2.45) is 0 Å². The summed E-state index contributed by atoms with van der Waals surface area (Å²) in [6.45, 7) is 0.240. The number of benzene rings is 2. The molecule has 0 fully saturated rings. The van der Waals surface area contributed by atoms with E-state index in [0.717, 1.165) is 15.6 Å². The molecule has 0 unspecified atom stereocenters. The molecule has 2 aromatic carbocycles. The van der Waals surface area contributed by atoms with Gasteiger partial charge in [0.2, 0.25) is 0 Å². The number of ether oxygens (including phenoxy) is 1. The fraction of sp³-hybridized carbons (Fsp3) is 0.0588. The summed E-state index contributed by atoms with van der Waals surface area (Å²) in [7, 11) is 0. The van der Waals surface area contributed by atoms with E-state index in [4.69, 9.17) is 10.00 Å². The van der Waals surface area contributed by atoms with Gasteiger partial charge in [-0.05, 0) is 41.5 Å². The SMILES string of the molecule is N#Cc1ccc(/C=C/C(=O)OCc2ccc(Br)cc2)cc1. The maximum absolute atomic E-state index is 11.6. The Bertz CT molecular complexity index is 682. The van der Waals surface area contributed by atoms with E-state index >= 15 is 0 Å². The van der Waals surface area contributed by atoms with Gasteiger partial charge >= 0.3 is 5.97 Å². The van der Waals surface area contributed by atoms with Crippen molar-refractivity contribution in [1.29, 1.82) is 5.26 Å². The Morgan fingerprint density at radius 2 is 1.81 bits per heavy atom. The van der Waals surface area contributed by atoms with Gasteiger partial charge in [-0.1, -0.05) is 40.2 Å². The van der Waals surface area contributed by atoms with Crippen LogP contribution in [0.5, 0.6) is 0 Å². The molecule has 2 aromatic rings. The van der Waals surface area contributed by atoms with Gasteiger partial charge in [-0.3, -0.25) is 0 Å². The van der Waals surface area contributed by atoms with Gasteiger partial charge in [0.05, 0.1) is 11.6 Å². The molecule has 2 rings (SSSR count). The van der Waals surface area contributed by atoms with Gasteiger partial charge in [-0.2, -0.15) is 5.26 Å². The van der Waals surface area contributed by atoms with Gasteiger partial charge in [0.1, 0.15) is 6.61 Å². The molecule has 0 amide bonds. The van der Waals surface area contributed by atoms with Crippen LogP contribution >= 0.6 is 15.9 Å². The maximum atomic E-state index is 11.6. The second kappa shape index (κ2) is 7.41. The number of halogens is 1. The number of rotatable bonds is 4. The monoisotopic (exact) mass is 341 g/mol. The van der Waals surface area contributed by atoms with Crippen molar-refractivity contribution in [3.05, 3.63) is 75.8 Å². The molecule has 0 aliphatic carbocycles. The third kappa shape index (κ3) is 4.90. The molecule has 0 N–H and O–H groups in total. The van der Waals surface area contributed by atoms with Crippen molar-refractivity contribution in [2.75, 3.05) is 0 Å². The first-order valence-electron chi connectivity index (χ1n) is 6.27. The predicted molar refractivity (Wildman–Crippen MR) is 84.1 cm³/mol. The third-order valence-electron chi connectivity index (χ3n) is 2.75. The van der Waals surface area contributed by atoms with E-state index in [0.29, 0.717) is 5.56 Å². The fourth-order valence-electron chi connectivity index (χ4n) is 1.62. The molecule has 3 nitrogen and oxygen atoms in total. The van der Waals surface area contributed by atoms with Crippen molar-refractivity contribution in [2.45, 2.75) is 6.61 Å². The summed E-state index contributed by atoms with van der Waals surface area (Å²) in [5, 5.41) is 8.70. The molecule has 0 aromatic heterocycles. The van der Waals surface area contributed by atoms with Crippen LogP contribution in [0.4, 0.5) is 0 Å². The average Bonchev–Trinajstić information content (AvgIpc) is 2.53. The lowest BCUT2D eigenvalue weighted by Crippen LogP contribution is -2.00. The van der Waals surface area contributed by atoms with Gasteiger partial charge in [0.25, 0.3) is 0 Å². The zero-order chi connectivity index (χ0) is 15.1. The molecule has 0 spiro atoms. The summed E-state index contributed by atoms with van der Waals surface area (Å²) >= 11 is 3.35. The van der Waals surface area contributed by atoms with Crippen molar-refractivity contribution >= 4 is 28.0 Å². The Morgan fingerprint density at radius 3 is 2.43 bits per heavy atom. The van der Waals surface area contributed by atoms with Crippen molar-refractivity contribution in [3.8, 4) is 6.07 Å². The summed E-state index contributed by atoms with van der Waals surface area (Å²) < 4.78 is 6.13. The average molecular weight is 342 g/mol. The molecule has 4 heteroatoms. The van der Waals surface area contributed by atoms with Crippen LogP contribution in [0.2, 0.25) is 0 Å². The van der Waals surface area contributed by atoms with Crippen molar-refractivity contribution in [3.63, 3.8) is 0 Å². The Balaban J connectivity index is 1.87. The van der Waals surface area contributed by atoms with Crippen LogP contribution in [-0.2, 0) is 16.1 Å². The quantitative estimate of drug-likeness (QED) is 0.621. The molecule has 0 aliphatic rings. The molecular weight excluding hydrogens is 330 g/mol. The first-order chi connectivity index (χ1) is 10.2. The molecule has 0 radical (unpaired) electrons. The minimum Gasteiger partial charge on any atom is -0.458 e. The maximum Gasteiger partial charge on any atom is 0.331 e. The lowest BCUT2D eigenvalue weighted by Gasteiger charge is -2.02. The second-order valence-corrected chi connectivity index (χ2v) is 5.22. The number of carbonyl (C=O) groups is 1. The highest BCUT2D eigenvalue weighted by Gasteiger charge is 1.99. The first kappa shape index (κ1) is 15.0.